The van der Waals surface area contributed by atoms with Crippen LogP contribution in [0.25, 0.3) is 6.08 Å². The predicted molar refractivity (Wildman–Crippen MR) is 139 cm³/mol. The highest BCUT2D eigenvalue weighted by Gasteiger charge is 2.24. The molecule has 10 heteroatoms. The van der Waals surface area contributed by atoms with Gasteiger partial charge in [-0.2, -0.15) is 0 Å². The van der Waals surface area contributed by atoms with E-state index in [0.717, 1.165) is 16.9 Å². The zero-order valence-electron chi connectivity index (χ0n) is 19.1. The standard InChI is InChI=1S/C25H26Cl2NO6P/c1-16-6-5-8-18(12-16)15-22(25(31)32)28-24(30)23-20(26)13-19(14-21(23)27)9-11-35(33,34)17(2)7-3-4-10-29/h3-9,11-14,22,29H,10,15H2,1-2H3,(H,28,30)(H,31,32)(H,33,34)/b4-3-,11-9+,17-7+/t22-/m0/s1. The van der Waals surface area contributed by atoms with Crippen molar-refractivity contribution in [3.63, 3.8) is 0 Å². The first kappa shape index (κ1) is 28.6. The normalized spacial score (nSPS) is 14.7. The molecule has 2 atom stereocenters. The molecule has 0 saturated heterocycles. The number of hydrogen-bond acceptors (Lipinski definition) is 4. The number of hydrogen-bond donors (Lipinski definition) is 4. The molecule has 7 nitrogen and oxygen atoms in total. The van der Waals surface area contributed by atoms with Crippen molar-refractivity contribution in [2.75, 3.05) is 6.61 Å². The van der Waals surface area contributed by atoms with Gasteiger partial charge in [0.05, 0.1) is 22.2 Å². The van der Waals surface area contributed by atoms with Gasteiger partial charge in [0.2, 0.25) is 7.37 Å². The molecule has 1 unspecified atom stereocenters. The molecule has 0 aromatic heterocycles. The summed E-state index contributed by atoms with van der Waals surface area (Å²) in [6, 6.07) is 8.87. The van der Waals surface area contributed by atoms with Gasteiger partial charge in [0.15, 0.2) is 0 Å². The average Bonchev–Trinajstić information content (AvgIpc) is 2.77. The zero-order chi connectivity index (χ0) is 26.2. The average molecular weight is 538 g/mol. The summed E-state index contributed by atoms with van der Waals surface area (Å²) >= 11 is 12.5. The van der Waals surface area contributed by atoms with Gasteiger partial charge in [0, 0.05) is 17.6 Å². The number of benzene rings is 2. The van der Waals surface area contributed by atoms with E-state index in [1.165, 1.54) is 43.4 Å². The Kier molecular flexibility index (Phi) is 10.5. The Bertz CT molecular complexity index is 1220. The van der Waals surface area contributed by atoms with Crippen molar-refractivity contribution in [2.45, 2.75) is 26.3 Å². The fourth-order valence-corrected chi connectivity index (χ4v) is 4.68. The molecule has 0 aliphatic carbocycles. The Morgan fingerprint density at radius 1 is 1.17 bits per heavy atom. The van der Waals surface area contributed by atoms with Crippen LogP contribution in [0.3, 0.4) is 0 Å². The van der Waals surface area contributed by atoms with Gasteiger partial charge in [-0.05, 0) is 43.2 Å². The van der Waals surface area contributed by atoms with Crippen molar-refractivity contribution >= 4 is 48.5 Å². The van der Waals surface area contributed by atoms with E-state index in [4.69, 9.17) is 28.3 Å². The Labute approximate surface area is 213 Å². The van der Waals surface area contributed by atoms with Crippen LogP contribution < -0.4 is 5.32 Å². The second-order valence-electron chi connectivity index (χ2n) is 7.77. The fraction of sp³-hybridized carbons (Fsp3) is 0.200. The number of aliphatic hydroxyl groups excluding tert-OH is 1. The number of aryl methyl sites for hydroxylation is 1. The first-order valence-electron chi connectivity index (χ1n) is 10.5. The lowest BCUT2D eigenvalue weighted by Gasteiger charge is -2.16. The highest BCUT2D eigenvalue weighted by atomic mass is 35.5. The lowest BCUT2D eigenvalue weighted by molar-refractivity contribution is -0.139. The van der Waals surface area contributed by atoms with E-state index in [0.29, 0.717) is 5.56 Å². The van der Waals surface area contributed by atoms with Crippen molar-refractivity contribution < 1.29 is 29.3 Å². The van der Waals surface area contributed by atoms with E-state index in [1.54, 1.807) is 12.1 Å². The number of carboxylic acid groups (broad SMARTS) is 1. The van der Waals surface area contributed by atoms with Crippen molar-refractivity contribution in [2.24, 2.45) is 0 Å². The maximum absolute atomic E-state index is 12.8. The van der Waals surface area contributed by atoms with Gasteiger partial charge in [-0.25, -0.2) is 4.79 Å². The molecule has 2 aromatic carbocycles. The number of carbonyl (C=O) groups is 2. The third kappa shape index (κ3) is 8.49. The van der Waals surface area contributed by atoms with Gasteiger partial charge in [0.25, 0.3) is 5.91 Å². The minimum atomic E-state index is -3.80. The van der Waals surface area contributed by atoms with Gasteiger partial charge in [-0.3, -0.25) is 9.36 Å². The monoisotopic (exact) mass is 537 g/mol. The molecule has 0 radical (unpaired) electrons. The smallest absolute Gasteiger partial charge is 0.326 e. The van der Waals surface area contributed by atoms with Crippen LogP contribution in [0.5, 0.6) is 0 Å². The summed E-state index contributed by atoms with van der Waals surface area (Å²) in [7, 11) is -3.80. The van der Waals surface area contributed by atoms with Crippen LogP contribution in [-0.4, -0.2) is 39.6 Å². The number of rotatable bonds is 10. The highest BCUT2D eigenvalue weighted by molar-refractivity contribution is 7.65. The minimum absolute atomic E-state index is 0.0414. The van der Waals surface area contributed by atoms with Crippen LogP contribution in [0, 0.1) is 6.92 Å². The van der Waals surface area contributed by atoms with Gasteiger partial charge in [-0.1, -0.05) is 71.3 Å². The summed E-state index contributed by atoms with van der Waals surface area (Å²) in [5.74, 6) is -0.851. The quantitative estimate of drug-likeness (QED) is 0.237. The molecule has 0 bridgehead atoms. The molecule has 2 rings (SSSR count). The van der Waals surface area contributed by atoms with Gasteiger partial charge >= 0.3 is 5.97 Å². The number of aliphatic hydroxyl groups is 1. The maximum Gasteiger partial charge on any atom is 0.326 e. The van der Waals surface area contributed by atoms with Crippen molar-refractivity contribution in [3.05, 3.63) is 98.1 Å². The van der Waals surface area contributed by atoms with Crippen LogP contribution in [-0.2, 0) is 15.8 Å². The second kappa shape index (κ2) is 12.9. The summed E-state index contributed by atoms with van der Waals surface area (Å²) in [5, 5.41) is 20.9. The third-order valence-corrected chi connectivity index (χ3v) is 7.28. The largest absolute Gasteiger partial charge is 0.480 e. The number of aliphatic carboxylic acids is 1. The molecule has 0 heterocycles. The van der Waals surface area contributed by atoms with E-state index in [9.17, 15) is 24.2 Å². The van der Waals surface area contributed by atoms with E-state index >= 15 is 0 Å². The van der Waals surface area contributed by atoms with Crippen molar-refractivity contribution in [1.82, 2.24) is 5.32 Å². The van der Waals surface area contributed by atoms with Crippen LogP contribution >= 0.6 is 30.6 Å². The summed E-state index contributed by atoms with van der Waals surface area (Å²) < 4.78 is 12.5. The van der Waals surface area contributed by atoms with Crippen LogP contribution in [0.1, 0.15) is 34.0 Å². The number of nitrogens with one attached hydrogen (secondary N) is 1. The highest BCUT2D eigenvalue weighted by Crippen LogP contribution is 2.51. The summed E-state index contributed by atoms with van der Waals surface area (Å²) in [6.45, 7) is 3.18. The molecule has 2 aromatic rings. The summed E-state index contributed by atoms with van der Waals surface area (Å²) in [4.78, 5) is 34.8. The summed E-state index contributed by atoms with van der Waals surface area (Å²) in [5.41, 5.74) is 1.99. The fourth-order valence-electron chi connectivity index (χ4n) is 3.09. The predicted octanol–water partition coefficient (Wildman–Crippen LogP) is 5.42. The molecular formula is C25H26Cl2NO6P. The number of amides is 1. The van der Waals surface area contributed by atoms with E-state index in [-0.39, 0.29) is 34.0 Å². The SMILES string of the molecule is C/C(=C\C=C/CO)P(=O)(O)/C=C/c1cc(Cl)c(C(=O)N[C@@H](Cc2cccc(C)c2)C(=O)O)c(Cl)c1. The summed E-state index contributed by atoms with van der Waals surface area (Å²) in [6.07, 6.45) is 5.74. The lowest BCUT2D eigenvalue weighted by Crippen LogP contribution is -2.42. The Balaban J connectivity index is 2.23. The van der Waals surface area contributed by atoms with Crippen molar-refractivity contribution in [3.8, 4) is 0 Å². The topological polar surface area (TPSA) is 124 Å². The maximum atomic E-state index is 12.8. The van der Waals surface area contributed by atoms with E-state index in [1.807, 2.05) is 19.1 Å². The molecule has 35 heavy (non-hydrogen) atoms. The molecule has 186 valence electrons. The van der Waals surface area contributed by atoms with Crippen LogP contribution in [0.15, 0.2) is 65.8 Å². The number of carbonyl (C=O) groups excluding carboxylic acids is 1. The second-order valence-corrected chi connectivity index (χ2v) is 10.8. The molecular weight excluding hydrogens is 512 g/mol. The Morgan fingerprint density at radius 3 is 2.40 bits per heavy atom. The number of carboxylic acids is 1. The first-order chi connectivity index (χ1) is 16.4. The van der Waals surface area contributed by atoms with E-state index in [2.05, 4.69) is 5.32 Å². The van der Waals surface area contributed by atoms with Gasteiger partial charge in [0.1, 0.15) is 6.04 Å². The van der Waals surface area contributed by atoms with Crippen LogP contribution in [0.2, 0.25) is 10.0 Å². The van der Waals surface area contributed by atoms with Gasteiger partial charge < -0.3 is 20.4 Å². The number of halogens is 2. The molecule has 0 spiro atoms. The molecule has 0 saturated carbocycles. The van der Waals surface area contributed by atoms with Gasteiger partial charge in [-0.15, -0.1) is 0 Å². The molecule has 0 aliphatic rings. The molecule has 0 aliphatic heterocycles. The molecule has 0 fully saturated rings. The third-order valence-electron chi connectivity index (χ3n) is 4.97. The molecule has 4 N–H and O–H groups in total. The minimum Gasteiger partial charge on any atom is -0.480 e. The zero-order valence-corrected chi connectivity index (χ0v) is 21.5. The Morgan fingerprint density at radius 2 is 1.83 bits per heavy atom. The van der Waals surface area contributed by atoms with Crippen molar-refractivity contribution in [1.29, 1.82) is 0 Å². The number of allylic oxidation sites excluding steroid dienone is 3. The van der Waals surface area contributed by atoms with Crippen LogP contribution in [0.4, 0.5) is 0 Å². The Hall–Kier alpha value is -2.67. The van der Waals surface area contributed by atoms with E-state index < -0.39 is 25.3 Å². The lowest BCUT2D eigenvalue weighted by atomic mass is 10.0. The molecule has 1 amide bonds. The first-order valence-corrected chi connectivity index (χ1v) is 13.0.